The van der Waals surface area contributed by atoms with Crippen molar-refractivity contribution < 1.29 is 18.9 Å². The molecular weight excluding hydrogens is 340 g/mol. The first-order valence-corrected chi connectivity index (χ1v) is 9.10. The number of hydrogen-bond donors (Lipinski definition) is 0. The molecule has 0 aliphatic carbocycles. The first-order valence-electron chi connectivity index (χ1n) is 9.10. The summed E-state index contributed by atoms with van der Waals surface area (Å²) in [6.45, 7) is 1.14. The highest BCUT2D eigenvalue weighted by Gasteiger charge is 2.40. The first kappa shape index (κ1) is 16.1. The number of fused-ring (bicyclic) bond motifs is 5. The average Bonchev–Trinajstić information content (AvgIpc) is 3.10. The molecule has 2 atom stereocenters. The fraction of sp³-hybridized carbons (Fsp3) is 0.217. The molecule has 0 N–H and O–H groups in total. The molecule has 0 bridgehead atoms. The van der Waals surface area contributed by atoms with Crippen molar-refractivity contribution in [3.63, 3.8) is 0 Å². The van der Waals surface area contributed by atoms with Crippen molar-refractivity contribution in [3.05, 3.63) is 83.4 Å². The van der Waals surface area contributed by atoms with E-state index in [0.717, 1.165) is 34.1 Å². The zero-order chi connectivity index (χ0) is 18.2. The number of ether oxygens (including phenoxy) is 4. The van der Waals surface area contributed by atoms with Gasteiger partial charge in [-0.1, -0.05) is 36.4 Å². The van der Waals surface area contributed by atoms with E-state index in [-0.39, 0.29) is 12.0 Å². The van der Waals surface area contributed by atoms with Gasteiger partial charge in [0.05, 0.1) is 19.6 Å². The van der Waals surface area contributed by atoms with E-state index in [4.69, 9.17) is 18.9 Å². The molecule has 2 aliphatic heterocycles. The van der Waals surface area contributed by atoms with Gasteiger partial charge in [-0.05, 0) is 23.8 Å². The Labute approximate surface area is 158 Å². The first-order chi connectivity index (χ1) is 13.3. The van der Waals surface area contributed by atoms with Crippen LogP contribution in [0.1, 0.15) is 28.7 Å². The third-order valence-corrected chi connectivity index (χ3v) is 5.20. The highest BCUT2D eigenvalue weighted by atomic mass is 16.5. The molecule has 27 heavy (non-hydrogen) atoms. The summed E-state index contributed by atoms with van der Waals surface area (Å²) in [5.41, 5.74) is 3.38. The molecule has 3 aromatic carbocycles. The SMILES string of the molecule is COc1ccc2c(c1)OC[C@@H]1c3ccc(OCc4ccccc4)cc3O[C@H]21. The number of rotatable bonds is 4. The molecule has 0 fully saturated rings. The predicted octanol–water partition coefficient (Wildman–Crippen LogP) is 4.88. The van der Waals surface area contributed by atoms with Crippen LogP contribution in [0.2, 0.25) is 0 Å². The Bertz CT molecular complexity index is 967. The molecular formula is C23H20O4. The van der Waals surface area contributed by atoms with Crippen LogP contribution in [-0.2, 0) is 6.61 Å². The van der Waals surface area contributed by atoms with Crippen molar-refractivity contribution in [1.82, 2.24) is 0 Å². The minimum absolute atomic E-state index is 0.0287. The lowest BCUT2D eigenvalue weighted by Crippen LogP contribution is -2.23. The lowest BCUT2D eigenvalue weighted by Gasteiger charge is -2.28. The molecule has 2 heterocycles. The van der Waals surface area contributed by atoms with Crippen LogP contribution < -0.4 is 18.9 Å². The molecule has 0 saturated heterocycles. The van der Waals surface area contributed by atoms with Gasteiger partial charge in [0.1, 0.15) is 35.7 Å². The molecule has 2 aliphatic rings. The minimum Gasteiger partial charge on any atom is -0.497 e. The second kappa shape index (κ2) is 6.54. The van der Waals surface area contributed by atoms with E-state index >= 15 is 0 Å². The number of methoxy groups -OCH3 is 1. The molecule has 136 valence electrons. The van der Waals surface area contributed by atoms with Gasteiger partial charge in [0, 0.05) is 23.3 Å². The maximum Gasteiger partial charge on any atom is 0.138 e. The molecule has 5 rings (SSSR count). The van der Waals surface area contributed by atoms with Gasteiger partial charge < -0.3 is 18.9 Å². The van der Waals surface area contributed by atoms with Crippen molar-refractivity contribution in [2.75, 3.05) is 13.7 Å². The van der Waals surface area contributed by atoms with Gasteiger partial charge in [0.2, 0.25) is 0 Å². The Morgan fingerprint density at radius 3 is 2.52 bits per heavy atom. The monoisotopic (exact) mass is 360 g/mol. The number of benzene rings is 3. The molecule has 0 spiro atoms. The Kier molecular flexibility index (Phi) is 3.89. The highest BCUT2D eigenvalue weighted by molar-refractivity contribution is 5.52. The van der Waals surface area contributed by atoms with Crippen molar-refractivity contribution in [1.29, 1.82) is 0 Å². The second-order valence-corrected chi connectivity index (χ2v) is 6.83. The predicted molar refractivity (Wildman–Crippen MR) is 102 cm³/mol. The average molecular weight is 360 g/mol. The molecule has 0 amide bonds. The molecule has 4 nitrogen and oxygen atoms in total. The third kappa shape index (κ3) is 2.87. The Balaban J connectivity index is 1.38. The van der Waals surface area contributed by atoms with Crippen molar-refractivity contribution in [2.45, 2.75) is 18.6 Å². The maximum atomic E-state index is 6.30. The normalized spacial score (nSPS) is 19.1. The zero-order valence-corrected chi connectivity index (χ0v) is 15.1. The van der Waals surface area contributed by atoms with Gasteiger partial charge in [-0.2, -0.15) is 0 Å². The standard InChI is InChI=1S/C23H20O4/c1-24-16-7-10-19-21(11-16)26-14-20-18-9-8-17(12-22(18)27-23(19)20)25-13-15-5-3-2-4-6-15/h2-12,20,23H,13-14H2,1H3/t20-,23-/m1/s1. The fourth-order valence-electron chi connectivity index (χ4n) is 3.77. The Hall–Kier alpha value is -3.14. The molecule has 0 saturated carbocycles. The molecule has 4 heteroatoms. The van der Waals surface area contributed by atoms with Crippen LogP contribution in [0.5, 0.6) is 23.0 Å². The van der Waals surface area contributed by atoms with Gasteiger partial charge in [-0.3, -0.25) is 0 Å². The summed E-state index contributed by atoms with van der Waals surface area (Å²) in [4.78, 5) is 0. The molecule has 0 radical (unpaired) electrons. The summed E-state index contributed by atoms with van der Waals surface area (Å²) >= 11 is 0. The van der Waals surface area contributed by atoms with Gasteiger partial charge >= 0.3 is 0 Å². The van der Waals surface area contributed by atoms with E-state index in [1.54, 1.807) is 7.11 Å². The largest absolute Gasteiger partial charge is 0.497 e. The van der Waals surface area contributed by atoms with Gasteiger partial charge in [-0.15, -0.1) is 0 Å². The molecule has 0 unspecified atom stereocenters. The summed E-state index contributed by atoms with van der Waals surface area (Å²) in [7, 11) is 1.66. The topological polar surface area (TPSA) is 36.9 Å². The van der Waals surface area contributed by atoms with Gasteiger partial charge in [0.25, 0.3) is 0 Å². The smallest absolute Gasteiger partial charge is 0.138 e. The van der Waals surface area contributed by atoms with E-state index in [9.17, 15) is 0 Å². The summed E-state index contributed by atoms with van der Waals surface area (Å²) in [5.74, 6) is 3.52. The van der Waals surface area contributed by atoms with Crippen LogP contribution in [-0.4, -0.2) is 13.7 Å². The molecule has 3 aromatic rings. The van der Waals surface area contributed by atoms with Crippen LogP contribution in [0.25, 0.3) is 0 Å². The van der Waals surface area contributed by atoms with E-state index in [0.29, 0.717) is 13.2 Å². The van der Waals surface area contributed by atoms with Gasteiger partial charge in [0.15, 0.2) is 0 Å². The van der Waals surface area contributed by atoms with Gasteiger partial charge in [-0.25, -0.2) is 0 Å². The van der Waals surface area contributed by atoms with E-state index in [1.807, 2.05) is 48.5 Å². The number of hydrogen-bond acceptors (Lipinski definition) is 4. The molecule has 0 aromatic heterocycles. The lowest BCUT2D eigenvalue weighted by atomic mass is 9.89. The lowest BCUT2D eigenvalue weighted by molar-refractivity contribution is 0.139. The van der Waals surface area contributed by atoms with Crippen molar-refractivity contribution in [2.24, 2.45) is 0 Å². The minimum atomic E-state index is -0.0287. The maximum absolute atomic E-state index is 6.30. The van der Waals surface area contributed by atoms with Crippen LogP contribution >= 0.6 is 0 Å². The van der Waals surface area contributed by atoms with Crippen LogP contribution in [0.3, 0.4) is 0 Å². The van der Waals surface area contributed by atoms with E-state index < -0.39 is 0 Å². The highest BCUT2D eigenvalue weighted by Crippen LogP contribution is 2.52. The summed E-state index contributed by atoms with van der Waals surface area (Å²) in [5, 5.41) is 0. The zero-order valence-electron chi connectivity index (χ0n) is 15.1. The van der Waals surface area contributed by atoms with Crippen LogP contribution in [0.15, 0.2) is 66.7 Å². The third-order valence-electron chi connectivity index (χ3n) is 5.20. The summed E-state index contributed by atoms with van der Waals surface area (Å²) in [6, 6.07) is 22.1. The Morgan fingerprint density at radius 1 is 0.889 bits per heavy atom. The summed E-state index contributed by atoms with van der Waals surface area (Å²) in [6.07, 6.45) is -0.0287. The van der Waals surface area contributed by atoms with Crippen molar-refractivity contribution in [3.8, 4) is 23.0 Å². The summed E-state index contributed by atoms with van der Waals surface area (Å²) < 4.78 is 23.5. The van der Waals surface area contributed by atoms with Crippen LogP contribution in [0, 0.1) is 0 Å². The van der Waals surface area contributed by atoms with Crippen molar-refractivity contribution >= 4 is 0 Å². The quantitative estimate of drug-likeness (QED) is 0.664. The Morgan fingerprint density at radius 2 is 1.67 bits per heavy atom. The second-order valence-electron chi connectivity index (χ2n) is 6.83. The van der Waals surface area contributed by atoms with Crippen LogP contribution in [0.4, 0.5) is 0 Å². The fourth-order valence-corrected chi connectivity index (χ4v) is 3.77. The van der Waals surface area contributed by atoms with E-state index in [2.05, 4.69) is 18.2 Å². The van der Waals surface area contributed by atoms with E-state index in [1.165, 1.54) is 5.56 Å².